The summed E-state index contributed by atoms with van der Waals surface area (Å²) >= 11 is 0. The van der Waals surface area contributed by atoms with Crippen molar-refractivity contribution in [3.05, 3.63) is 71.3 Å². The summed E-state index contributed by atoms with van der Waals surface area (Å²) in [5.74, 6) is 0.716. The number of rotatable bonds is 4. The Morgan fingerprint density at radius 1 is 1.10 bits per heavy atom. The highest BCUT2D eigenvalue weighted by Crippen LogP contribution is 2.47. The van der Waals surface area contributed by atoms with Crippen LogP contribution in [0.2, 0.25) is 0 Å². The van der Waals surface area contributed by atoms with Gasteiger partial charge < -0.3 is 5.32 Å². The smallest absolute Gasteiger partial charge is 0.224 e. The van der Waals surface area contributed by atoms with Crippen molar-refractivity contribution in [1.82, 2.24) is 5.32 Å². The Bertz CT molecular complexity index is 618. The maximum atomic E-state index is 12.3. The van der Waals surface area contributed by atoms with Crippen LogP contribution in [0.5, 0.6) is 0 Å². The molecule has 3 rings (SSSR count). The molecule has 0 bridgehead atoms. The first-order valence-electron chi connectivity index (χ1n) is 7.57. The molecule has 0 radical (unpaired) electrons. The number of hydrogen-bond acceptors (Lipinski definition) is 1. The normalized spacial score (nSPS) is 21.6. The molecule has 1 aliphatic carbocycles. The molecule has 1 amide bonds. The molecule has 0 aromatic heterocycles. The largest absolute Gasteiger partial charge is 0.349 e. The molecule has 2 nitrogen and oxygen atoms in total. The maximum absolute atomic E-state index is 12.3. The molecule has 21 heavy (non-hydrogen) atoms. The first-order valence-corrected chi connectivity index (χ1v) is 7.57. The summed E-state index contributed by atoms with van der Waals surface area (Å²) in [5.41, 5.74) is 3.68. The second-order valence-corrected chi connectivity index (χ2v) is 6.00. The summed E-state index contributed by atoms with van der Waals surface area (Å²) in [6.07, 6.45) is 0.969. The van der Waals surface area contributed by atoms with E-state index in [1.54, 1.807) is 0 Å². The molecule has 0 heterocycles. The summed E-state index contributed by atoms with van der Waals surface area (Å²) < 4.78 is 0. The van der Waals surface area contributed by atoms with Crippen molar-refractivity contribution in [2.24, 2.45) is 5.92 Å². The summed E-state index contributed by atoms with van der Waals surface area (Å²) in [6, 6.07) is 18.7. The van der Waals surface area contributed by atoms with Gasteiger partial charge in [0.05, 0.1) is 6.04 Å². The lowest BCUT2D eigenvalue weighted by molar-refractivity contribution is -0.123. The highest BCUT2D eigenvalue weighted by molar-refractivity contribution is 5.83. The van der Waals surface area contributed by atoms with Crippen LogP contribution in [0.25, 0.3) is 0 Å². The lowest BCUT2D eigenvalue weighted by Crippen LogP contribution is -2.28. The lowest BCUT2D eigenvalue weighted by Gasteiger charge is -2.14. The van der Waals surface area contributed by atoms with Gasteiger partial charge in [0, 0.05) is 5.92 Å². The third kappa shape index (κ3) is 3.15. The van der Waals surface area contributed by atoms with E-state index in [4.69, 9.17) is 0 Å². The zero-order chi connectivity index (χ0) is 14.8. The van der Waals surface area contributed by atoms with Crippen LogP contribution in [0.1, 0.15) is 42.0 Å². The van der Waals surface area contributed by atoms with Crippen molar-refractivity contribution in [1.29, 1.82) is 0 Å². The average Bonchev–Trinajstić information content (AvgIpc) is 3.29. The van der Waals surface area contributed by atoms with Crippen molar-refractivity contribution < 1.29 is 4.79 Å². The molecule has 1 saturated carbocycles. The zero-order valence-electron chi connectivity index (χ0n) is 12.5. The van der Waals surface area contributed by atoms with E-state index in [1.165, 1.54) is 11.1 Å². The van der Waals surface area contributed by atoms with Gasteiger partial charge in [-0.3, -0.25) is 4.79 Å². The van der Waals surface area contributed by atoms with Crippen LogP contribution in [0, 0.1) is 12.8 Å². The third-order valence-electron chi connectivity index (χ3n) is 4.29. The van der Waals surface area contributed by atoms with Gasteiger partial charge in [0.1, 0.15) is 0 Å². The number of carbonyl (C=O) groups is 1. The molecule has 1 aliphatic rings. The Morgan fingerprint density at radius 2 is 1.76 bits per heavy atom. The van der Waals surface area contributed by atoms with Gasteiger partial charge in [0.15, 0.2) is 0 Å². The second kappa shape index (κ2) is 5.72. The molecular weight excluding hydrogens is 258 g/mol. The van der Waals surface area contributed by atoms with Crippen molar-refractivity contribution >= 4 is 5.91 Å². The Labute approximate surface area is 126 Å². The van der Waals surface area contributed by atoms with Crippen LogP contribution in [-0.2, 0) is 4.79 Å². The lowest BCUT2D eigenvalue weighted by atomic mass is 10.1. The van der Waals surface area contributed by atoms with E-state index >= 15 is 0 Å². The number of nitrogens with one attached hydrogen (secondary N) is 1. The van der Waals surface area contributed by atoms with Crippen molar-refractivity contribution in [2.75, 3.05) is 0 Å². The van der Waals surface area contributed by atoms with Crippen LogP contribution >= 0.6 is 0 Å². The van der Waals surface area contributed by atoms with Gasteiger partial charge in [-0.1, -0.05) is 60.2 Å². The summed E-state index contributed by atoms with van der Waals surface area (Å²) in [4.78, 5) is 12.3. The fraction of sp³-hybridized carbons (Fsp3) is 0.316. The predicted octanol–water partition coefficient (Wildman–Crippen LogP) is 3.98. The Kier molecular flexibility index (Phi) is 3.78. The average molecular weight is 279 g/mol. The number of aryl methyl sites for hydroxylation is 1. The number of amides is 1. The van der Waals surface area contributed by atoms with Crippen LogP contribution in [0.15, 0.2) is 54.6 Å². The zero-order valence-corrected chi connectivity index (χ0v) is 12.5. The fourth-order valence-electron chi connectivity index (χ4n) is 2.81. The van der Waals surface area contributed by atoms with Crippen LogP contribution < -0.4 is 5.32 Å². The number of benzene rings is 2. The molecule has 0 aliphatic heterocycles. The SMILES string of the molecule is Cc1ccc([C@H](C)NC(=O)[C@H]2C[C@@H]2c2ccccc2)cc1. The second-order valence-electron chi connectivity index (χ2n) is 6.00. The summed E-state index contributed by atoms with van der Waals surface area (Å²) in [7, 11) is 0. The molecule has 2 heteroatoms. The minimum atomic E-state index is 0.0649. The molecule has 0 saturated heterocycles. The topological polar surface area (TPSA) is 29.1 Å². The van der Waals surface area contributed by atoms with Crippen molar-refractivity contribution in [3.8, 4) is 0 Å². The molecule has 108 valence electrons. The third-order valence-corrected chi connectivity index (χ3v) is 4.29. The van der Waals surface area contributed by atoms with Crippen LogP contribution in [0.3, 0.4) is 0 Å². The van der Waals surface area contributed by atoms with Crippen molar-refractivity contribution in [2.45, 2.75) is 32.2 Å². The van der Waals surface area contributed by atoms with E-state index in [-0.39, 0.29) is 17.9 Å². The molecular formula is C19H21NO. The monoisotopic (exact) mass is 279 g/mol. The van der Waals surface area contributed by atoms with Gasteiger partial charge in [0.2, 0.25) is 5.91 Å². The molecule has 0 unspecified atom stereocenters. The minimum Gasteiger partial charge on any atom is -0.349 e. The summed E-state index contributed by atoms with van der Waals surface area (Å²) in [5, 5.41) is 3.14. The predicted molar refractivity (Wildman–Crippen MR) is 85.0 cm³/mol. The van der Waals surface area contributed by atoms with Crippen molar-refractivity contribution in [3.63, 3.8) is 0 Å². The van der Waals surface area contributed by atoms with E-state index in [2.05, 4.69) is 48.6 Å². The highest BCUT2D eigenvalue weighted by Gasteiger charge is 2.44. The minimum absolute atomic E-state index is 0.0649. The molecule has 2 aromatic rings. The molecule has 2 aromatic carbocycles. The first kappa shape index (κ1) is 13.9. The summed E-state index contributed by atoms with van der Waals surface area (Å²) in [6.45, 7) is 4.12. The van der Waals surface area contributed by atoms with E-state index < -0.39 is 0 Å². The molecule has 3 atom stereocenters. The maximum Gasteiger partial charge on any atom is 0.224 e. The van der Waals surface area contributed by atoms with Gasteiger partial charge in [-0.2, -0.15) is 0 Å². The first-order chi connectivity index (χ1) is 10.1. The highest BCUT2D eigenvalue weighted by atomic mass is 16.2. The van der Waals surface area contributed by atoms with E-state index in [1.807, 2.05) is 25.1 Å². The van der Waals surface area contributed by atoms with Crippen LogP contribution in [-0.4, -0.2) is 5.91 Å². The quantitative estimate of drug-likeness (QED) is 0.901. The fourth-order valence-corrected chi connectivity index (χ4v) is 2.81. The number of hydrogen-bond donors (Lipinski definition) is 1. The molecule has 1 N–H and O–H groups in total. The van der Waals surface area contributed by atoms with Gasteiger partial charge in [-0.25, -0.2) is 0 Å². The molecule has 0 spiro atoms. The standard InChI is InChI=1S/C19H21NO/c1-13-8-10-15(11-9-13)14(2)20-19(21)18-12-17(18)16-6-4-3-5-7-16/h3-11,14,17-18H,12H2,1-2H3,(H,20,21)/t14-,17+,18-/m0/s1. The molecule has 1 fully saturated rings. The Hall–Kier alpha value is -2.09. The number of carbonyl (C=O) groups excluding carboxylic acids is 1. The van der Waals surface area contributed by atoms with E-state index in [9.17, 15) is 4.79 Å². The van der Waals surface area contributed by atoms with Gasteiger partial charge in [-0.15, -0.1) is 0 Å². The van der Waals surface area contributed by atoms with Crippen LogP contribution in [0.4, 0.5) is 0 Å². The van der Waals surface area contributed by atoms with E-state index in [0.717, 1.165) is 12.0 Å². The Morgan fingerprint density at radius 3 is 2.43 bits per heavy atom. The Balaban J connectivity index is 1.59. The van der Waals surface area contributed by atoms with Gasteiger partial charge >= 0.3 is 0 Å². The van der Waals surface area contributed by atoms with Gasteiger partial charge in [-0.05, 0) is 37.3 Å². The van der Waals surface area contributed by atoms with Gasteiger partial charge in [0.25, 0.3) is 0 Å². The van der Waals surface area contributed by atoms with E-state index in [0.29, 0.717) is 5.92 Å².